The number of hydrogen-bond acceptors (Lipinski definition) is 5. The third kappa shape index (κ3) is 5.24. The zero-order valence-corrected chi connectivity index (χ0v) is 20.5. The summed E-state index contributed by atoms with van der Waals surface area (Å²) in [5.41, 5.74) is 1.75. The van der Waals surface area contributed by atoms with Crippen molar-refractivity contribution in [2.24, 2.45) is 0 Å². The first-order valence-corrected chi connectivity index (χ1v) is 11.9. The molecule has 1 aliphatic heterocycles. The largest absolute Gasteiger partial charge is 0.444 e. The number of nitrogens with zero attached hydrogens (tertiary/aromatic N) is 2. The summed E-state index contributed by atoms with van der Waals surface area (Å²) in [6.45, 7) is 8.64. The number of likely N-dealkylation sites (tertiary alicyclic amines) is 1. The van der Waals surface area contributed by atoms with Gasteiger partial charge in [0, 0.05) is 29.6 Å². The molecule has 32 heavy (non-hydrogen) atoms. The first-order chi connectivity index (χ1) is 15.1. The molecule has 2 fully saturated rings. The van der Waals surface area contributed by atoms with Crippen molar-refractivity contribution in [3.05, 3.63) is 39.6 Å². The van der Waals surface area contributed by atoms with Crippen LogP contribution in [0.15, 0.2) is 22.7 Å². The lowest BCUT2D eigenvalue weighted by Crippen LogP contribution is -2.48. The molecule has 1 unspecified atom stereocenters. The number of carbonyl (C=O) groups excluding carboxylic acids is 1. The van der Waals surface area contributed by atoms with Gasteiger partial charge in [-0.3, -0.25) is 0 Å². The molecule has 0 N–H and O–H groups in total. The molecule has 0 bridgehead atoms. The summed E-state index contributed by atoms with van der Waals surface area (Å²) in [4.78, 5) is 14.3. The van der Waals surface area contributed by atoms with Gasteiger partial charge >= 0.3 is 6.09 Å². The van der Waals surface area contributed by atoms with Gasteiger partial charge in [-0.1, -0.05) is 34.4 Å². The van der Waals surface area contributed by atoms with Crippen molar-refractivity contribution in [2.75, 3.05) is 6.54 Å². The number of aromatic nitrogens is 1. The third-order valence-electron chi connectivity index (χ3n) is 5.89. The van der Waals surface area contributed by atoms with Crippen LogP contribution in [0.5, 0.6) is 0 Å². The lowest BCUT2D eigenvalue weighted by molar-refractivity contribution is -0.0331. The van der Waals surface area contributed by atoms with Crippen LogP contribution < -0.4 is 0 Å². The van der Waals surface area contributed by atoms with Crippen molar-refractivity contribution >= 4 is 29.3 Å². The molecule has 1 aromatic carbocycles. The monoisotopic (exact) mass is 480 g/mol. The Labute approximate surface area is 199 Å². The average Bonchev–Trinajstić information content (AvgIpc) is 3.46. The van der Waals surface area contributed by atoms with Crippen LogP contribution in [0.25, 0.3) is 11.3 Å². The standard InChI is InChI=1S/C24H30Cl2N2O4/c1-14-12-16(10-11-28(14)23(29)31-24(2,3)4)30-13-17-21(27-32-22(17)15-8-9-15)20-18(25)6-5-7-19(20)26/h5-7,14-16H,8-13H2,1-4H3/t14-,16?/m1/s1. The fraction of sp³-hybridized carbons (Fsp3) is 0.583. The van der Waals surface area contributed by atoms with Gasteiger partial charge in [0.05, 0.1) is 22.8 Å². The number of rotatable bonds is 5. The van der Waals surface area contributed by atoms with Gasteiger partial charge in [-0.05, 0) is 65.5 Å². The molecule has 2 aromatic rings. The van der Waals surface area contributed by atoms with Gasteiger partial charge in [-0.25, -0.2) is 4.79 Å². The summed E-state index contributed by atoms with van der Waals surface area (Å²) in [5, 5.41) is 5.40. The topological polar surface area (TPSA) is 64.8 Å². The van der Waals surface area contributed by atoms with Gasteiger partial charge in [0.1, 0.15) is 17.1 Å². The van der Waals surface area contributed by atoms with Crippen molar-refractivity contribution in [1.82, 2.24) is 10.1 Å². The number of amides is 1. The summed E-state index contributed by atoms with van der Waals surface area (Å²) in [5.74, 6) is 1.25. The van der Waals surface area contributed by atoms with E-state index in [1.807, 2.05) is 33.8 Å². The number of piperidine rings is 1. The van der Waals surface area contributed by atoms with E-state index in [2.05, 4.69) is 5.16 Å². The first kappa shape index (κ1) is 23.4. The molecule has 174 valence electrons. The molecule has 2 heterocycles. The number of hydrogen-bond donors (Lipinski definition) is 0. The second-order valence-electron chi connectivity index (χ2n) is 9.73. The van der Waals surface area contributed by atoms with Crippen molar-refractivity contribution in [2.45, 2.75) is 83.6 Å². The van der Waals surface area contributed by atoms with E-state index in [9.17, 15) is 4.79 Å². The summed E-state index contributed by atoms with van der Waals surface area (Å²) in [7, 11) is 0. The molecule has 1 saturated heterocycles. The van der Waals surface area contributed by atoms with E-state index in [4.69, 9.17) is 37.2 Å². The minimum Gasteiger partial charge on any atom is -0.444 e. The van der Waals surface area contributed by atoms with E-state index in [1.54, 1.807) is 17.0 Å². The van der Waals surface area contributed by atoms with E-state index in [-0.39, 0.29) is 18.2 Å². The molecule has 1 amide bonds. The number of ether oxygens (including phenoxy) is 2. The highest BCUT2D eigenvalue weighted by atomic mass is 35.5. The number of benzene rings is 1. The van der Waals surface area contributed by atoms with Gasteiger partial charge in [0.15, 0.2) is 0 Å². The summed E-state index contributed by atoms with van der Waals surface area (Å²) < 4.78 is 17.6. The van der Waals surface area contributed by atoms with E-state index in [1.165, 1.54) is 0 Å². The predicted molar refractivity (Wildman–Crippen MR) is 124 cm³/mol. The highest BCUT2D eigenvalue weighted by molar-refractivity contribution is 6.39. The van der Waals surface area contributed by atoms with Crippen LogP contribution in [0.3, 0.4) is 0 Å². The van der Waals surface area contributed by atoms with Crippen LogP contribution in [-0.2, 0) is 16.1 Å². The molecule has 4 rings (SSSR count). The Kier molecular flexibility index (Phi) is 6.76. The van der Waals surface area contributed by atoms with Gasteiger partial charge in [-0.2, -0.15) is 0 Å². The summed E-state index contributed by atoms with van der Waals surface area (Å²) in [6, 6.07) is 5.44. The fourth-order valence-electron chi connectivity index (χ4n) is 4.12. The van der Waals surface area contributed by atoms with Gasteiger partial charge < -0.3 is 18.9 Å². The molecule has 8 heteroatoms. The van der Waals surface area contributed by atoms with Gasteiger partial charge in [-0.15, -0.1) is 0 Å². The molecular formula is C24H30Cl2N2O4. The first-order valence-electron chi connectivity index (χ1n) is 11.2. The quantitative estimate of drug-likeness (QED) is 0.468. The molecule has 0 spiro atoms. The van der Waals surface area contributed by atoms with Crippen LogP contribution in [0, 0.1) is 0 Å². The van der Waals surface area contributed by atoms with Crippen LogP contribution >= 0.6 is 23.2 Å². The SMILES string of the molecule is C[C@@H]1CC(OCc2c(-c3c(Cl)cccc3Cl)noc2C2CC2)CCN1C(=O)OC(C)(C)C. The van der Waals surface area contributed by atoms with E-state index < -0.39 is 5.60 Å². The smallest absolute Gasteiger partial charge is 0.410 e. The maximum atomic E-state index is 12.5. The lowest BCUT2D eigenvalue weighted by Gasteiger charge is -2.38. The second kappa shape index (κ2) is 9.24. The van der Waals surface area contributed by atoms with Crippen LogP contribution in [0.1, 0.15) is 70.6 Å². The average molecular weight is 481 g/mol. The third-order valence-corrected chi connectivity index (χ3v) is 6.52. The highest BCUT2D eigenvalue weighted by Crippen LogP contribution is 2.46. The molecular weight excluding hydrogens is 451 g/mol. The Morgan fingerprint density at radius 1 is 1.22 bits per heavy atom. The van der Waals surface area contributed by atoms with E-state index in [0.717, 1.165) is 37.0 Å². The maximum Gasteiger partial charge on any atom is 0.410 e. The van der Waals surface area contributed by atoms with Gasteiger partial charge in [0.2, 0.25) is 0 Å². The fourth-order valence-corrected chi connectivity index (χ4v) is 4.70. The normalized spacial score (nSPS) is 21.6. The Bertz CT molecular complexity index is 961. The zero-order chi connectivity index (χ0) is 23.0. The minimum absolute atomic E-state index is 0.0280. The number of halogens is 2. The minimum atomic E-state index is -0.506. The van der Waals surface area contributed by atoms with Crippen molar-refractivity contribution in [3.63, 3.8) is 0 Å². The Morgan fingerprint density at radius 2 is 1.91 bits per heavy atom. The maximum absolute atomic E-state index is 12.5. The zero-order valence-electron chi connectivity index (χ0n) is 19.0. The molecule has 6 nitrogen and oxygen atoms in total. The molecule has 1 saturated carbocycles. The molecule has 2 aliphatic rings. The summed E-state index contributed by atoms with van der Waals surface area (Å²) >= 11 is 12.9. The van der Waals surface area contributed by atoms with Crippen LogP contribution in [0.2, 0.25) is 10.0 Å². The predicted octanol–water partition coefficient (Wildman–Crippen LogP) is 6.83. The van der Waals surface area contributed by atoms with Crippen LogP contribution in [0.4, 0.5) is 4.79 Å². The van der Waals surface area contributed by atoms with E-state index >= 15 is 0 Å². The molecule has 1 aliphatic carbocycles. The highest BCUT2D eigenvalue weighted by Gasteiger charge is 2.35. The molecule has 2 atom stereocenters. The lowest BCUT2D eigenvalue weighted by atomic mass is 10.0. The van der Waals surface area contributed by atoms with Crippen molar-refractivity contribution < 1.29 is 18.8 Å². The van der Waals surface area contributed by atoms with Crippen molar-refractivity contribution in [1.29, 1.82) is 0 Å². The van der Waals surface area contributed by atoms with Gasteiger partial charge in [0.25, 0.3) is 0 Å². The van der Waals surface area contributed by atoms with E-state index in [0.29, 0.717) is 40.4 Å². The van der Waals surface area contributed by atoms with Crippen LogP contribution in [-0.4, -0.2) is 40.4 Å². The Morgan fingerprint density at radius 3 is 2.50 bits per heavy atom. The molecule has 1 aromatic heterocycles. The Hall–Kier alpha value is -1.76. The number of carbonyl (C=O) groups is 1. The Balaban J connectivity index is 1.46. The second-order valence-corrected chi connectivity index (χ2v) is 10.5. The molecule has 0 radical (unpaired) electrons. The summed E-state index contributed by atoms with van der Waals surface area (Å²) in [6.07, 6.45) is 3.42. The van der Waals surface area contributed by atoms with Crippen molar-refractivity contribution in [3.8, 4) is 11.3 Å².